The molecule has 74 valence electrons. The monoisotopic (exact) mass is 174 g/mol. The average molecular weight is 174 g/mol. The lowest BCUT2D eigenvalue weighted by atomic mass is 10.3. The molecule has 0 rings (SSSR count). The van der Waals surface area contributed by atoms with Crippen molar-refractivity contribution in [3.8, 4) is 0 Å². The second-order valence-corrected chi connectivity index (χ2v) is 2.96. The summed E-state index contributed by atoms with van der Waals surface area (Å²) in [5.41, 5.74) is 0. The van der Waals surface area contributed by atoms with Crippen molar-refractivity contribution in [1.82, 2.24) is 10.6 Å². The van der Waals surface area contributed by atoms with E-state index in [0.717, 1.165) is 32.7 Å². The first-order chi connectivity index (χ1) is 5.81. The quantitative estimate of drug-likeness (QED) is 0.529. The smallest absolute Gasteiger partial charge is 0.0477 e. The zero-order valence-corrected chi connectivity index (χ0v) is 8.52. The number of nitrogens with one attached hydrogen (secondary N) is 2. The Balaban J connectivity index is 2.97. The second kappa shape index (κ2) is 8.97. The van der Waals surface area contributed by atoms with Crippen LogP contribution in [0.3, 0.4) is 0 Å². The molecule has 12 heavy (non-hydrogen) atoms. The number of rotatable bonds is 8. The molecule has 0 amide bonds. The average Bonchev–Trinajstić information content (AvgIpc) is 2.05. The van der Waals surface area contributed by atoms with Crippen LogP contribution in [0, 0.1) is 0 Å². The normalized spacial score (nSPS) is 13.2. The molecule has 1 unspecified atom stereocenters. The minimum atomic E-state index is 0.552. The molecule has 0 aromatic heterocycles. The zero-order valence-electron chi connectivity index (χ0n) is 8.52. The molecule has 0 bridgehead atoms. The van der Waals surface area contributed by atoms with E-state index in [-0.39, 0.29) is 0 Å². The highest BCUT2D eigenvalue weighted by Gasteiger charge is 1.96. The van der Waals surface area contributed by atoms with E-state index in [1.807, 2.05) is 14.0 Å². The van der Waals surface area contributed by atoms with Crippen molar-refractivity contribution in [3.63, 3.8) is 0 Å². The molecule has 0 spiro atoms. The first-order valence-corrected chi connectivity index (χ1v) is 4.77. The van der Waals surface area contributed by atoms with Crippen molar-refractivity contribution in [1.29, 1.82) is 0 Å². The van der Waals surface area contributed by atoms with Crippen LogP contribution in [-0.4, -0.2) is 39.4 Å². The van der Waals surface area contributed by atoms with Crippen molar-refractivity contribution in [3.05, 3.63) is 0 Å². The van der Waals surface area contributed by atoms with Gasteiger partial charge in [-0.1, -0.05) is 0 Å². The van der Waals surface area contributed by atoms with Gasteiger partial charge in [-0.2, -0.15) is 0 Å². The van der Waals surface area contributed by atoms with Crippen LogP contribution in [0.15, 0.2) is 0 Å². The number of ether oxygens (including phenoxy) is 1. The van der Waals surface area contributed by atoms with Crippen molar-refractivity contribution in [2.75, 3.05) is 33.4 Å². The Hall–Kier alpha value is -0.120. The molecular weight excluding hydrogens is 152 g/mol. The summed E-state index contributed by atoms with van der Waals surface area (Å²) in [4.78, 5) is 0. The van der Waals surface area contributed by atoms with E-state index in [9.17, 15) is 0 Å². The Kier molecular flexibility index (Phi) is 8.88. The molecule has 0 fully saturated rings. The van der Waals surface area contributed by atoms with Crippen molar-refractivity contribution in [2.45, 2.75) is 26.3 Å². The maximum atomic E-state index is 5.22. The Bertz CT molecular complexity index is 88.6. The van der Waals surface area contributed by atoms with E-state index in [4.69, 9.17) is 4.74 Å². The Morgan fingerprint density at radius 2 is 2.17 bits per heavy atom. The van der Waals surface area contributed by atoms with Gasteiger partial charge in [0, 0.05) is 25.8 Å². The van der Waals surface area contributed by atoms with Gasteiger partial charge in [0.2, 0.25) is 0 Å². The first kappa shape index (κ1) is 11.9. The lowest BCUT2D eigenvalue weighted by Crippen LogP contribution is -2.35. The molecule has 0 aromatic carbocycles. The van der Waals surface area contributed by atoms with Gasteiger partial charge in [-0.15, -0.1) is 0 Å². The molecule has 0 aromatic rings. The fourth-order valence-corrected chi connectivity index (χ4v) is 1.05. The Morgan fingerprint density at radius 3 is 2.75 bits per heavy atom. The third kappa shape index (κ3) is 7.98. The molecule has 0 saturated carbocycles. The standard InChI is InChI=1S/C9H22N2O/c1-4-12-7-5-6-11-9(2)8-10-3/h9-11H,4-8H2,1-3H3. The van der Waals surface area contributed by atoms with Crippen LogP contribution >= 0.6 is 0 Å². The van der Waals surface area contributed by atoms with Crippen LogP contribution in [0.1, 0.15) is 20.3 Å². The van der Waals surface area contributed by atoms with E-state index in [1.54, 1.807) is 0 Å². The van der Waals surface area contributed by atoms with Crippen LogP contribution in [0.4, 0.5) is 0 Å². The molecule has 3 nitrogen and oxygen atoms in total. The van der Waals surface area contributed by atoms with Crippen LogP contribution in [0.25, 0.3) is 0 Å². The Labute approximate surface area is 75.9 Å². The summed E-state index contributed by atoms with van der Waals surface area (Å²) in [5, 5.41) is 6.53. The topological polar surface area (TPSA) is 33.3 Å². The molecule has 0 aliphatic rings. The maximum Gasteiger partial charge on any atom is 0.0477 e. The minimum Gasteiger partial charge on any atom is -0.382 e. The van der Waals surface area contributed by atoms with E-state index < -0.39 is 0 Å². The van der Waals surface area contributed by atoms with Crippen molar-refractivity contribution in [2.24, 2.45) is 0 Å². The fraction of sp³-hybridized carbons (Fsp3) is 1.00. The van der Waals surface area contributed by atoms with Gasteiger partial charge < -0.3 is 15.4 Å². The van der Waals surface area contributed by atoms with Gasteiger partial charge in [-0.3, -0.25) is 0 Å². The van der Waals surface area contributed by atoms with Crippen LogP contribution in [0.5, 0.6) is 0 Å². The fourth-order valence-electron chi connectivity index (χ4n) is 1.05. The van der Waals surface area contributed by atoms with E-state index in [1.165, 1.54) is 0 Å². The summed E-state index contributed by atoms with van der Waals surface area (Å²) in [6.07, 6.45) is 1.10. The highest BCUT2D eigenvalue weighted by molar-refractivity contribution is 4.61. The van der Waals surface area contributed by atoms with Gasteiger partial charge in [0.05, 0.1) is 0 Å². The van der Waals surface area contributed by atoms with E-state index in [0.29, 0.717) is 6.04 Å². The minimum absolute atomic E-state index is 0.552. The van der Waals surface area contributed by atoms with Gasteiger partial charge >= 0.3 is 0 Å². The molecule has 0 aliphatic heterocycles. The first-order valence-electron chi connectivity index (χ1n) is 4.77. The van der Waals surface area contributed by atoms with Crippen LogP contribution in [0.2, 0.25) is 0 Å². The third-order valence-electron chi connectivity index (χ3n) is 1.67. The highest BCUT2D eigenvalue weighted by Crippen LogP contribution is 1.83. The lowest BCUT2D eigenvalue weighted by molar-refractivity contribution is 0.144. The molecular formula is C9H22N2O. The van der Waals surface area contributed by atoms with Crippen LogP contribution < -0.4 is 10.6 Å². The maximum absolute atomic E-state index is 5.22. The number of hydrogen-bond acceptors (Lipinski definition) is 3. The molecule has 0 saturated heterocycles. The highest BCUT2D eigenvalue weighted by atomic mass is 16.5. The largest absolute Gasteiger partial charge is 0.382 e. The lowest BCUT2D eigenvalue weighted by Gasteiger charge is -2.12. The molecule has 1 atom stereocenters. The van der Waals surface area contributed by atoms with E-state index in [2.05, 4.69) is 17.6 Å². The molecule has 0 aliphatic carbocycles. The molecule has 3 heteroatoms. The summed E-state index contributed by atoms with van der Waals surface area (Å²) in [6, 6.07) is 0.552. The van der Waals surface area contributed by atoms with Gasteiger partial charge in [0.15, 0.2) is 0 Å². The van der Waals surface area contributed by atoms with Gasteiger partial charge in [0.25, 0.3) is 0 Å². The summed E-state index contributed by atoms with van der Waals surface area (Å²) in [7, 11) is 1.97. The predicted molar refractivity (Wildman–Crippen MR) is 52.5 cm³/mol. The Morgan fingerprint density at radius 1 is 1.42 bits per heavy atom. The SMILES string of the molecule is CCOCCCNC(C)CNC. The molecule has 0 heterocycles. The van der Waals surface area contributed by atoms with Crippen molar-refractivity contribution < 1.29 is 4.74 Å². The van der Waals surface area contributed by atoms with Crippen LogP contribution in [-0.2, 0) is 4.74 Å². The van der Waals surface area contributed by atoms with Crippen molar-refractivity contribution >= 4 is 0 Å². The van der Waals surface area contributed by atoms with Gasteiger partial charge in [-0.25, -0.2) is 0 Å². The number of likely N-dealkylation sites (N-methyl/N-ethyl adjacent to an activating group) is 1. The summed E-state index contributed by atoms with van der Waals surface area (Å²) < 4.78 is 5.22. The summed E-state index contributed by atoms with van der Waals surface area (Å²) >= 11 is 0. The van der Waals surface area contributed by atoms with E-state index >= 15 is 0 Å². The summed E-state index contributed by atoms with van der Waals surface area (Å²) in [6.45, 7) is 7.97. The molecule has 2 N–H and O–H groups in total. The second-order valence-electron chi connectivity index (χ2n) is 2.96. The molecule has 0 radical (unpaired) electrons. The third-order valence-corrected chi connectivity index (χ3v) is 1.67. The zero-order chi connectivity index (χ0) is 9.23. The summed E-state index contributed by atoms with van der Waals surface area (Å²) in [5.74, 6) is 0. The number of hydrogen-bond donors (Lipinski definition) is 2. The predicted octanol–water partition coefficient (Wildman–Crippen LogP) is 0.611. The van der Waals surface area contributed by atoms with Gasteiger partial charge in [-0.05, 0) is 33.9 Å². The van der Waals surface area contributed by atoms with Gasteiger partial charge in [0.1, 0.15) is 0 Å².